The Labute approximate surface area is 112 Å². The molecule has 4 N–H and O–H groups in total. The smallest absolute Gasteiger partial charge is 0.305 e. The van der Waals surface area contributed by atoms with Crippen LogP contribution in [0.1, 0.15) is 25.8 Å². The molecule has 1 aromatic rings. The third-order valence-corrected chi connectivity index (χ3v) is 2.89. The van der Waals surface area contributed by atoms with Crippen LogP contribution in [0.3, 0.4) is 0 Å². The third kappa shape index (κ3) is 5.42. The molecule has 1 atom stereocenters. The maximum Gasteiger partial charge on any atom is 0.305 e. The molecule has 0 aliphatic heterocycles. The molecule has 0 saturated carbocycles. The van der Waals surface area contributed by atoms with E-state index in [0.29, 0.717) is 5.69 Å². The van der Waals surface area contributed by atoms with Crippen LogP contribution in [0, 0.1) is 5.92 Å². The number of aliphatic carboxylic acids is 1. The second-order valence-corrected chi connectivity index (χ2v) is 4.93. The number of hydrogen-bond donors (Lipinski definition) is 3. The Balaban J connectivity index is 2.57. The molecule has 0 fully saturated rings. The van der Waals surface area contributed by atoms with E-state index in [2.05, 4.69) is 5.32 Å². The lowest BCUT2D eigenvalue weighted by atomic mass is 10.0. The summed E-state index contributed by atoms with van der Waals surface area (Å²) in [6, 6.07) is 6.70. The zero-order valence-electron chi connectivity index (χ0n) is 11.2. The fraction of sp³-hybridized carbons (Fsp3) is 0.429. The number of carboxylic acids is 1. The summed E-state index contributed by atoms with van der Waals surface area (Å²) in [7, 11) is 0. The second-order valence-electron chi connectivity index (χ2n) is 4.93. The van der Waals surface area contributed by atoms with Gasteiger partial charge < -0.3 is 16.2 Å². The summed E-state index contributed by atoms with van der Waals surface area (Å²) in [4.78, 5) is 22.6. The summed E-state index contributed by atoms with van der Waals surface area (Å²) in [6.07, 6.45) is 0.161. The van der Waals surface area contributed by atoms with E-state index in [9.17, 15) is 9.59 Å². The molecular formula is C14H20N2O3. The Morgan fingerprint density at radius 2 is 1.84 bits per heavy atom. The molecule has 1 aromatic carbocycles. The number of benzene rings is 1. The summed E-state index contributed by atoms with van der Waals surface area (Å²) in [5.41, 5.74) is 7.07. The van der Waals surface area contributed by atoms with Crippen LogP contribution in [-0.2, 0) is 16.0 Å². The van der Waals surface area contributed by atoms with E-state index < -0.39 is 5.97 Å². The average Bonchev–Trinajstić information content (AvgIpc) is 2.30. The van der Waals surface area contributed by atoms with Gasteiger partial charge in [0.1, 0.15) is 0 Å². The number of nitrogens with one attached hydrogen (secondary N) is 1. The molecule has 0 bridgehead atoms. The lowest BCUT2D eigenvalue weighted by molar-refractivity contribution is -0.138. The van der Waals surface area contributed by atoms with Crippen molar-refractivity contribution in [2.75, 3.05) is 5.73 Å². The van der Waals surface area contributed by atoms with E-state index in [0.717, 1.165) is 5.56 Å². The normalized spacial score (nSPS) is 12.2. The monoisotopic (exact) mass is 264 g/mol. The van der Waals surface area contributed by atoms with Crippen molar-refractivity contribution in [2.24, 2.45) is 5.92 Å². The van der Waals surface area contributed by atoms with Gasteiger partial charge in [-0.3, -0.25) is 9.59 Å². The van der Waals surface area contributed by atoms with Crippen molar-refractivity contribution in [1.29, 1.82) is 0 Å². The first-order valence-electron chi connectivity index (χ1n) is 6.24. The topological polar surface area (TPSA) is 92.4 Å². The first kappa shape index (κ1) is 15.0. The summed E-state index contributed by atoms with van der Waals surface area (Å²) >= 11 is 0. The van der Waals surface area contributed by atoms with Gasteiger partial charge in [-0.1, -0.05) is 26.0 Å². The van der Waals surface area contributed by atoms with Gasteiger partial charge in [-0.2, -0.15) is 0 Å². The van der Waals surface area contributed by atoms with Gasteiger partial charge in [-0.15, -0.1) is 0 Å². The summed E-state index contributed by atoms with van der Waals surface area (Å²) in [5, 5.41) is 11.6. The van der Waals surface area contributed by atoms with Crippen LogP contribution in [0.15, 0.2) is 24.3 Å². The van der Waals surface area contributed by atoms with E-state index in [4.69, 9.17) is 10.8 Å². The standard InChI is InChI=1S/C14H20N2O3/c1-9(2)12(8-14(18)19)16-13(17)7-10-3-5-11(15)6-4-10/h3-6,9,12H,7-8,15H2,1-2H3,(H,16,17)(H,18,19). The van der Waals surface area contributed by atoms with Gasteiger partial charge in [0, 0.05) is 11.7 Å². The predicted octanol–water partition coefficient (Wildman–Crippen LogP) is 1.43. The van der Waals surface area contributed by atoms with Crippen LogP contribution in [0.5, 0.6) is 0 Å². The number of carbonyl (C=O) groups is 2. The number of nitrogens with two attached hydrogens (primary N) is 1. The second kappa shape index (κ2) is 6.78. The van der Waals surface area contributed by atoms with Crippen molar-refractivity contribution < 1.29 is 14.7 Å². The molecule has 1 rings (SSSR count). The highest BCUT2D eigenvalue weighted by Crippen LogP contribution is 2.09. The molecule has 19 heavy (non-hydrogen) atoms. The Bertz CT molecular complexity index is 441. The van der Waals surface area contributed by atoms with Crippen molar-refractivity contribution in [3.63, 3.8) is 0 Å². The van der Waals surface area contributed by atoms with Gasteiger partial charge >= 0.3 is 5.97 Å². The van der Waals surface area contributed by atoms with Crippen LogP contribution in [0.2, 0.25) is 0 Å². The van der Waals surface area contributed by atoms with Crippen molar-refractivity contribution in [3.05, 3.63) is 29.8 Å². The van der Waals surface area contributed by atoms with Gasteiger partial charge in [0.2, 0.25) is 5.91 Å². The number of rotatable bonds is 6. The number of amides is 1. The molecule has 0 aromatic heterocycles. The maximum atomic E-state index is 11.9. The van der Waals surface area contributed by atoms with Crippen LogP contribution >= 0.6 is 0 Å². The summed E-state index contributed by atoms with van der Waals surface area (Å²) in [5.74, 6) is -1.01. The minimum absolute atomic E-state index is 0.0643. The van der Waals surface area contributed by atoms with E-state index >= 15 is 0 Å². The molecule has 5 heteroatoms. The molecule has 0 saturated heterocycles. The van der Waals surface area contributed by atoms with Crippen LogP contribution in [0.25, 0.3) is 0 Å². The fourth-order valence-electron chi connectivity index (χ4n) is 1.72. The van der Waals surface area contributed by atoms with E-state index in [1.54, 1.807) is 24.3 Å². The van der Waals surface area contributed by atoms with E-state index in [-0.39, 0.29) is 30.7 Å². The minimum Gasteiger partial charge on any atom is -0.481 e. The van der Waals surface area contributed by atoms with Crippen LogP contribution in [0.4, 0.5) is 5.69 Å². The van der Waals surface area contributed by atoms with Gasteiger partial charge in [0.05, 0.1) is 12.8 Å². The highest BCUT2D eigenvalue weighted by Gasteiger charge is 2.19. The van der Waals surface area contributed by atoms with Gasteiger partial charge in [-0.05, 0) is 23.6 Å². The first-order valence-corrected chi connectivity index (χ1v) is 6.24. The predicted molar refractivity (Wildman–Crippen MR) is 73.6 cm³/mol. The molecule has 104 valence electrons. The molecule has 0 radical (unpaired) electrons. The van der Waals surface area contributed by atoms with Gasteiger partial charge in [0.25, 0.3) is 0 Å². The van der Waals surface area contributed by atoms with Crippen molar-refractivity contribution in [3.8, 4) is 0 Å². The number of carboxylic acid groups (broad SMARTS) is 1. The van der Waals surface area contributed by atoms with Crippen molar-refractivity contribution in [1.82, 2.24) is 5.32 Å². The van der Waals surface area contributed by atoms with Crippen LogP contribution < -0.4 is 11.1 Å². The molecule has 0 aliphatic rings. The number of nitrogen functional groups attached to an aromatic ring is 1. The Kier molecular flexibility index (Phi) is 5.36. The van der Waals surface area contributed by atoms with Crippen molar-refractivity contribution >= 4 is 17.6 Å². The Morgan fingerprint density at radius 1 is 1.26 bits per heavy atom. The highest BCUT2D eigenvalue weighted by atomic mass is 16.4. The lowest BCUT2D eigenvalue weighted by Gasteiger charge is -2.20. The molecule has 1 unspecified atom stereocenters. The Hall–Kier alpha value is -2.04. The summed E-state index contributed by atoms with van der Waals surface area (Å²) < 4.78 is 0. The minimum atomic E-state index is -0.911. The number of anilines is 1. The molecule has 0 heterocycles. The van der Waals surface area contributed by atoms with Gasteiger partial charge in [-0.25, -0.2) is 0 Å². The molecule has 0 spiro atoms. The zero-order valence-corrected chi connectivity index (χ0v) is 11.2. The Morgan fingerprint density at radius 3 is 2.32 bits per heavy atom. The van der Waals surface area contributed by atoms with Gasteiger partial charge in [0.15, 0.2) is 0 Å². The fourth-order valence-corrected chi connectivity index (χ4v) is 1.72. The largest absolute Gasteiger partial charge is 0.481 e. The SMILES string of the molecule is CC(C)C(CC(=O)O)NC(=O)Cc1ccc(N)cc1. The molecular weight excluding hydrogens is 244 g/mol. The number of hydrogen-bond acceptors (Lipinski definition) is 3. The first-order chi connectivity index (χ1) is 8.88. The number of carbonyl (C=O) groups excluding carboxylic acids is 1. The third-order valence-electron chi connectivity index (χ3n) is 2.89. The molecule has 5 nitrogen and oxygen atoms in total. The van der Waals surface area contributed by atoms with Crippen molar-refractivity contribution in [2.45, 2.75) is 32.7 Å². The zero-order chi connectivity index (χ0) is 14.4. The molecule has 1 amide bonds. The van der Waals surface area contributed by atoms with E-state index in [1.165, 1.54) is 0 Å². The van der Waals surface area contributed by atoms with E-state index in [1.807, 2.05) is 13.8 Å². The maximum absolute atomic E-state index is 11.9. The highest BCUT2D eigenvalue weighted by molar-refractivity contribution is 5.79. The summed E-state index contributed by atoms with van der Waals surface area (Å²) in [6.45, 7) is 3.77. The lowest BCUT2D eigenvalue weighted by Crippen LogP contribution is -2.40. The molecule has 0 aliphatic carbocycles. The average molecular weight is 264 g/mol. The van der Waals surface area contributed by atoms with Crippen LogP contribution in [-0.4, -0.2) is 23.0 Å². The quantitative estimate of drug-likeness (QED) is 0.678.